The summed E-state index contributed by atoms with van der Waals surface area (Å²) in [6, 6.07) is 1.75. The van der Waals surface area contributed by atoms with Crippen molar-refractivity contribution in [1.29, 1.82) is 0 Å². The second-order valence-electron chi connectivity index (χ2n) is 8.31. The van der Waals surface area contributed by atoms with Crippen LogP contribution in [-0.2, 0) is 32.2 Å². The second kappa shape index (κ2) is 7.74. The molecule has 29 heavy (non-hydrogen) atoms. The number of fused-ring (bicyclic) bond motifs is 2. The first-order valence-electron chi connectivity index (χ1n) is 10.8. The average Bonchev–Trinajstić information content (AvgIpc) is 3.38. The summed E-state index contributed by atoms with van der Waals surface area (Å²) in [4.78, 5) is 29.3. The molecule has 1 fully saturated rings. The molecule has 154 valence electrons. The molecule has 2 aliphatic carbocycles. The number of carbonyl (C=O) groups is 1. The van der Waals surface area contributed by atoms with Gasteiger partial charge >= 0.3 is 0 Å². The van der Waals surface area contributed by atoms with Gasteiger partial charge in [0, 0.05) is 50.8 Å². The largest absolute Gasteiger partial charge is 0.360 e. The smallest absolute Gasteiger partial charge is 0.276 e. The number of piperazine rings is 1. The lowest BCUT2D eigenvalue weighted by Gasteiger charge is -2.34. The number of hydrogen-bond donors (Lipinski definition) is 0. The van der Waals surface area contributed by atoms with Gasteiger partial charge in [-0.05, 0) is 44.1 Å². The minimum atomic E-state index is -0.00643. The Labute approximate surface area is 169 Å². The van der Waals surface area contributed by atoms with E-state index in [1.165, 1.54) is 0 Å². The highest BCUT2D eigenvalue weighted by atomic mass is 16.5. The fraction of sp³-hybridized carbons (Fsp3) is 0.619. The SMILES string of the molecule is O=C(c1noc2c1CCCC2)N1CCN(CCn2nc3c(cc2=O)CCC3)CC1. The Morgan fingerprint density at radius 3 is 2.69 bits per heavy atom. The number of carbonyl (C=O) groups excluding carboxylic acids is 1. The minimum Gasteiger partial charge on any atom is -0.360 e. The van der Waals surface area contributed by atoms with Crippen molar-refractivity contribution < 1.29 is 9.32 Å². The first-order chi connectivity index (χ1) is 14.2. The second-order valence-corrected chi connectivity index (χ2v) is 8.31. The van der Waals surface area contributed by atoms with E-state index in [1.54, 1.807) is 10.7 Å². The molecule has 0 atom stereocenters. The first-order valence-corrected chi connectivity index (χ1v) is 10.8. The van der Waals surface area contributed by atoms with Crippen LogP contribution in [0.1, 0.15) is 52.3 Å². The van der Waals surface area contributed by atoms with Gasteiger partial charge in [-0.1, -0.05) is 5.16 Å². The molecule has 0 saturated carbocycles. The summed E-state index contributed by atoms with van der Waals surface area (Å²) >= 11 is 0. The lowest BCUT2D eigenvalue weighted by Crippen LogP contribution is -2.49. The predicted molar refractivity (Wildman–Crippen MR) is 106 cm³/mol. The van der Waals surface area contributed by atoms with Crippen LogP contribution in [0.5, 0.6) is 0 Å². The van der Waals surface area contributed by atoms with E-state index in [-0.39, 0.29) is 11.5 Å². The van der Waals surface area contributed by atoms with Crippen molar-refractivity contribution in [1.82, 2.24) is 24.7 Å². The topological polar surface area (TPSA) is 84.5 Å². The van der Waals surface area contributed by atoms with Crippen LogP contribution in [0.25, 0.3) is 0 Å². The molecule has 2 aromatic heterocycles. The Balaban J connectivity index is 1.17. The van der Waals surface area contributed by atoms with Crippen LogP contribution in [0, 0.1) is 0 Å². The number of aryl methyl sites for hydroxylation is 3. The molecule has 1 saturated heterocycles. The van der Waals surface area contributed by atoms with E-state index in [4.69, 9.17) is 4.52 Å². The molecule has 8 heteroatoms. The van der Waals surface area contributed by atoms with Crippen molar-refractivity contribution >= 4 is 5.91 Å². The van der Waals surface area contributed by atoms with Crippen LogP contribution in [0.3, 0.4) is 0 Å². The van der Waals surface area contributed by atoms with Crippen molar-refractivity contribution in [2.45, 2.75) is 51.5 Å². The van der Waals surface area contributed by atoms with E-state index in [1.807, 2.05) is 4.90 Å². The highest BCUT2D eigenvalue weighted by Gasteiger charge is 2.29. The molecular weight excluding hydrogens is 370 g/mol. The molecule has 1 amide bonds. The third kappa shape index (κ3) is 3.61. The molecule has 3 heterocycles. The maximum Gasteiger partial charge on any atom is 0.276 e. The molecular formula is C21H27N5O3. The van der Waals surface area contributed by atoms with E-state index >= 15 is 0 Å². The zero-order valence-electron chi connectivity index (χ0n) is 16.7. The van der Waals surface area contributed by atoms with E-state index in [9.17, 15) is 9.59 Å². The van der Waals surface area contributed by atoms with Crippen LogP contribution >= 0.6 is 0 Å². The fourth-order valence-corrected chi connectivity index (χ4v) is 4.71. The van der Waals surface area contributed by atoms with Gasteiger partial charge in [0.15, 0.2) is 5.69 Å². The summed E-state index contributed by atoms with van der Waals surface area (Å²) in [7, 11) is 0. The number of amides is 1. The Bertz CT molecular complexity index is 971. The summed E-state index contributed by atoms with van der Waals surface area (Å²) in [5, 5.41) is 8.63. The van der Waals surface area contributed by atoms with Gasteiger partial charge in [-0.2, -0.15) is 5.10 Å². The normalized spacial score (nSPS) is 19.2. The Kier molecular flexibility index (Phi) is 4.95. The summed E-state index contributed by atoms with van der Waals surface area (Å²) in [6.45, 7) is 4.31. The van der Waals surface area contributed by atoms with Crippen molar-refractivity contribution in [3.8, 4) is 0 Å². The Morgan fingerprint density at radius 2 is 1.83 bits per heavy atom. The lowest BCUT2D eigenvalue weighted by molar-refractivity contribution is 0.0620. The van der Waals surface area contributed by atoms with Crippen LogP contribution in [0.2, 0.25) is 0 Å². The Morgan fingerprint density at radius 1 is 1.00 bits per heavy atom. The first kappa shape index (κ1) is 18.5. The van der Waals surface area contributed by atoms with Gasteiger partial charge in [0.25, 0.3) is 11.5 Å². The monoisotopic (exact) mass is 397 g/mol. The van der Waals surface area contributed by atoms with E-state index in [2.05, 4.69) is 15.2 Å². The molecule has 3 aliphatic rings. The van der Waals surface area contributed by atoms with Gasteiger partial charge in [0.05, 0.1) is 12.2 Å². The average molecular weight is 397 g/mol. The summed E-state index contributed by atoms with van der Waals surface area (Å²) < 4.78 is 7.00. The third-order valence-electron chi connectivity index (χ3n) is 6.46. The maximum atomic E-state index is 12.9. The number of aromatic nitrogens is 3. The van der Waals surface area contributed by atoms with Crippen LogP contribution in [-0.4, -0.2) is 63.4 Å². The fourth-order valence-electron chi connectivity index (χ4n) is 4.71. The highest BCUT2D eigenvalue weighted by Crippen LogP contribution is 2.25. The molecule has 2 aromatic rings. The molecule has 0 aromatic carbocycles. The van der Waals surface area contributed by atoms with Crippen LogP contribution < -0.4 is 5.56 Å². The minimum absolute atomic E-state index is 0.00438. The van der Waals surface area contributed by atoms with E-state index < -0.39 is 0 Å². The molecule has 8 nitrogen and oxygen atoms in total. The van der Waals surface area contributed by atoms with Crippen LogP contribution in [0.4, 0.5) is 0 Å². The quantitative estimate of drug-likeness (QED) is 0.767. The molecule has 0 N–H and O–H groups in total. The molecule has 1 aliphatic heterocycles. The maximum absolute atomic E-state index is 12.9. The van der Waals surface area contributed by atoms with Gasteiger partial charge < -0.3 is 9.42 Å². The molecule has 0 spiro atoms. The third-order valence-corrected chi connectivity index (χ3v) is 6.46. The van der Waals surface area contributed by atoms with Crippen molar-refractivity contribution in [3.63, 3.8) is 0 Å². The molecule has 0 unspecified atom stereocenters. The van der Waals surface area contributed by atoms with Gasteiger partial charge in [0.2, 0.25) is 0 Å². The standard InChI is InChI=1S/C21H27N5O3/c27-19-14-15-4-3-6-17(15)22-26(19)13-10-24-8-11-25(12-9-24)21(28)20-16-5-1-2-7-18(16)29-23-20/h14H,1-13H2. The predicted octanol–water partition coefficient (Wildman–Crippen LogP) is 1.06. The highest BCUT2D eigenvalue weighted by molar-refractivity contribution is 5.94. The number of hydrogen-bond acceptors (Lipinski definition) is 6. The number of nitrogens with zero attached hydrogens (tertiary/aromatic N) is 5. The zero-order chi connectivity index (χ0) is 19.8. The van der Waals surface area contributed by atoms with Gasteiger partial charge in [-0.15, -0.1) is 0 Å². The molecule has 0 radical (unpaired) electrons. The summed E-state index contributed by atoms with van der Waals surface area (Å²) in [5.41, 5.74) is 3.73. The zero-order valence-corrected chi connectivity index (χ0v) is 16.7. The number of rotatable bonds is 4. The molecule has 5 rings (SSSR count). The van der Waals surface area contributed by atoms with Gasteiger partial charge in [-0.3, -0.25) is 14.5 Å². The Hall–Kier alpha value is -2.48. The lowest BCUT2D eigenvalue weighted by atomic mass is 9.96. The van der Waals surface area contributed by atoms with Gasteiger partial charge in [-0.25, -0.2) is 4.68 Å². The van der Waals surface area contributed by atoms with Gasteiger partial charge in [0.1, 0.15) is 5.76 Å². The van der Waals surface area contributed by atoms with Crippen molar-refractivity contribution in [3.05, 3.63) is 44.7 Å². The van der Waals surface area contributed by atoms with Crippen molar-refractivity contribution in [2.24, 2.45) is 0 Å². The van der Waals surface area contributed by atoms with Crippen LogP contribution in [0.15, 0.2) is 15.4 Å². The van der Waals surface area contributed by atoms with Crippen molar-refractivity contribution in [2.75, 3.05) is 32.7 Å². The summed E-state index contributed by atoms with van der Waals surface area (Å²) in [5.74, 6) is 0.888. The van der Waals surface area contributed by atoms with E-state index in [0.717, 1.165) is 87.2 Å². The molecule has 0 bridgehead atoms. The summed E-state index contributed by atoms with van der Waals surface area (Å²) in [6.07, 6.45) is 7.03. The van der Waals surface area contributed by atoms with E-state index in [0.29, 0.717) is 25.3 Å².